The van der Waals surface area contributed by atoms with Crippen LogP contribution >= 0.6 is 11.6 Å². The maximum absolute atomic E-state index is 12.2. The van der Waals surface area contributed by atoms with Gasteiger partial charge >= 0.3 is 0 Å². The highest BCUT2D eigenvalue weighted by atomic mass is 35.5. The first-order valence-electron chi connectivity index (χ1n) is 6.87. The van der Waals surface area contributed by atoms with Crippen molar-refractivity contribution >= 4 is 23.2 Å². The van der Waals surface area contributed by atoms with Crippen LogP contribution in [0.4, 0.5) is 0 Å². The zero-order valence-electron chi connectivity index (χ0n) is 13.1. The largest absolute Gasteiger partial charge is 0.493 e. The number of carbonyl (C=O) groups is 1. The monoisotopic (exact) mass is 332 g/mol. The SMILES string of the molecule is COc1ccc(C(=O)N/N=C(\C)c2cccc(Cl)c2)cc1OC. The van der Waals surface area contributed by atoms with Gasteiger partial charge in [0.2, 0.25) is 0 Å². The summed E-state index contributed by atoms with van der Waals surface area (Å²) in [4.78, 5) is 12.2. The van der Waals surface area contributed by atoms with Gasteiger partial charge in [0, 0.05) is 10.6 Å². The van der Waals surface area contributed by atoms with Crippen LogP contribution in [0.1, 0.15) is 22.8 Å². The van der Waals surface area contributed by atoms with Gasteiger partial charge in [0.05, 0.1) is 19.9 Å². The van der Waals surface area contributed by atoms with E-state index in [1.54, 1.807) is 37.3 Å². The molecule has 0 spiro atoms. The van der Waals surface area contributed by atoms with Gasteiger partial charge in [-0.2, -0.15) is 5.10 Å². The molecule has 2 aromatic carbocycles. The lowest BCUT2D eigenvalue weighted by Crippen LogP contribution is -2.19. The Balaban J connectivity index is 2.14. The van der Waals surface area contributed by atoms with Gasteiger partial charge in [0.25, 0.3) is 5.91 Å². The summed E-state index contributed by atoms with van der Waals surface area (Å²) in [6, 6.07) is 12.2. The third-order valence-corrected chi connectivity index (χ3v) is 3.45. The van der Waals surface area contributed by atoms with Gasteiger partial charge < -0.3 is 9.47 Å². The van der Waals surface area contributed by atoms with E-state index < -0.39 is 0 Å². The van der Waals surface area contributed by atoms with Gasteiger partial charge in [-0.1, -0.05) is 23.7 Å². The van der Waals surface area contributed by atoms with E-state index in [0.717, 1.165) is 5.56 Å². The van der Waals surface area contributed by atoms with Crippen molar-refractivity contribution < 1.29 is 14.3 Å². The standard InChI is InChI=1S/C17H17ClN2O3/c1-11(12-5-4-6-14(18)9-12)19-20-17(21)13-7-8-15(22-2)16(10-13)23-3/h4-10H,1-3H3,(H,20,21)/b19-11+. The van der Waals surface area contributed by atoms with E-state index in [2.05, 4.69) is 10.5 Å². The van der Waals surface area contributed by atoms with Gasteiger partial charge in [-0.25, -0.2) is 5.43 Å². The maximum Gasteiger partial charge on any atom is 0.271 e. The van der Waals surface area contributed by atoms with Gasteiger partial charge in [-0.15, -0.1) is 0 Å². The molecular formula is C17H17ClN2O3. The molecule has 0 heterocycles. The molecule has 120 valence electrons. The second-order valence-electron chi connectivity index (χ2n) is 4.72. The van der Waals surface area contributed by atoms with Crippen molar-refractivity contribution in [3.63, 3.8) is 0 Å². The van der Waals surface area contributed by atoms with E-state index in [0.29, 0.717) is 27.8 Å². The number of ether oxygens (including phenoxy) is 2. The molecule has 0 saturated carbocycles. The second kappa shape index (κ2) is 7.65. The number of hydrazone groups is 1. The average Bonchev–Trinajstić information content (AvgIpc) is 2.58. The summed E-state index contributed by atoms with van der Waals surface area (Å²) in [6.45, 7) is 1.79. The second-order valence-corrected chi connectivity index (χ2v) is 5.15. The molecule has 0 aliphatic carbocycles. The van der Waals surface area contributed by atoms with Crippen LogP contribution in [0.15, 0.2) is 47.6 Å². The van der Waals surface area contributed by atoms with Crippen molar-refractivity contribution in [3.05, 3.63) is 58.6 Å². The fraction of sp³-hybridized carbons (Fsp3) is 0.176. The topological polar surface area (TPSA) is 59.9 Å². The molecule has 0 fully saturated rings. The number of hydrogen-bond acceptors (Lipinski definition) is 4. The Bertz CT molecular complexity index is 744. The first-order chi connectivity index (χ1) is 11.0. The molecule has 6 heteroatoms. The number of halogens is 1. The normalized spacial score (nSPS) is 11.0. The van der Waals surface area contributed by atoms with E-state index >= 15 is 0 Å². The van der Waals surface area contributed by atoms with Crippen LogP contribution in [0.5, 0.6) is 11.5 Å². The molecule has 0 aromatic heterocycles. The molecule has 1 amide bonds. The van der Waals surface area contributed by atoms with E-state index in [1.807, 2.05) is 12.1 Å². The Hall–Kier alpha value is -2.53. The molecule has 5 nitrogen and oxygen atoms in total. The lowest BCUT2D eigenvalue weighted by Gasteiger charge is -2.09. The van der Waals surface area contributed by atoms with Crippen LogP contribution in [0.3, 0.4) is 0 Å². The Labute approximate surface area is 139 Å². The zero-order valence-corrected chi connectivity index (χ0v) is 13.8. The van der Waals surface area contributed by atoms with Crippen LogP contribution in [0.2, 0.25) is 5.02 Å². The quantitative estimate of drug-likeness (QED) is 0.673. The van der Waals surface area contributed by atoms with Gasteiger partial charge in [0.15, 0.2) is 11.5 Å². The number of nitrogens with zero attached hydrogens (tertiary/aromatic N) is 1. The fourth-order valence-electron chi connectivity index (χ4n) is 1.95. The lowest BCUT2D eigenvalue weighted by molar-refractivity contribution is 0.0954. The Kier molecular flexibility index (Phi) is 5.60. The molecule has 0 aliphatic heterocycles. The molecule has 0 saturated heterocycles. The van der Waals surface area contributed by atoms with Crippen molar-refractivity contribution in [2.45, 2.75) is 6.92 Å². The first kappa shape index (κ1) is 16.8. The molecule has 0 bridgehead atoms. The number of carbonyl (C=O) groups excluding carboxylic acids is 1. The predicted octanol–water partition coefficient (Wildman–Crippen LogP) is 3.51. The molecule has 0 radical (unpaired) electrons. The Morgan fingerprint density at radius 2 is 1.78 bits per heavy atom. The van der Waals surface area contributed by atoms with Crippen LogP contribution in [-0.4, -0.2) is 25.8 Å². The maximum atomic E-state index is 12.2. The predicted molar refractivity (Wildman–Crippen MR) is 90.7 cm³/mol. The number of benzene rings is 2. The summed E-state index contributed by atoms with van der Waals surface area (Å²) in [6.07, 6.45) is 0. The fourth-order valence-corrected chi connectivity index (χ4v) is 2.15. The molecule has 0 atom stereocenters. The molecule has 1 N–H and O–H groups in total. The zero-order chi connectivity index (χ0) is 16.8. The lowest BCUT2D eigenvalue weighted by atomic mass is 10.1. The van der Waals surface area contributed by atoms with Crippen LogP contribution in [0, 0.1) is 0 Å². The Morgan fingerprint density at radius 3 is 2.43 bits per heavy atom. The summed E-state index contributed by atoms with van der Waals surface area (Å²) in [7, 11) is 3.05. The summed E-state index contributed by atoms with van der Waals surface area (Å²) < 4.78 is 10.3. The molecule has 0 unspecified atom stereocenters. The third-order valence-electron chi connectivity index (χ3n) is 3.21. The van der Waals surface area contributed by atoms with Crippen molar-refractivity contribution in [1.82, 2.24) is 5.43 Å². The Morgan fingerprint density at radius 1 is 1.04 bits per heavy atom. The molecular weight excluding hydrogens is 316 g/mol. The third kappa shape index (κ3) is 4.23. The van der Waals surface area contributed by atoms with Crippen molar-refractivity contribution in [1.29, 1.82) is 0 Å². The van der Waals surface area contributed by atoms with Crippen molar-refractivity contribution in [2.24, 2.45) is 5.10 Å². The minimum absolute atomic E-state index is 0.340. The van der Waals surface area contributed by atoms with Gasteiger partial charge in [-0.05, 0) is 42.8 Å². The number of hydrogen-bond donors (Lipinski definition) is 1. The van der Waals surface area contributed by atoms with E-state index in [4.69, 9.17) is 21.1 Å². The molecule has 0 aliphatic rings. The van der Waals surface area contributed by atoms with Gasteiger partial charge in [-0.3, -0.25) is 4.79 Å². The molecule has 2 aromatic rings. The highest BCUT2D eigenvalue weighted by molar-refractivity contribution is 6.31. The highest BCUT2D eigenvalue weighted by Gasteiger charge is 2.10. The average molecular weight is 333 g/mol. The number of rotatable bonds is 5. The summed E-state index contributed by atoms with van der Waals surface area (Å²) in [5, 5.41) is 4.71. The highest BCUT2D eigenvalue weighted by Crippen LogP contribution is 2.27. The minimum Gasteiger partial charge on any atom is -0.493 e. The molecule has 23 heavy (non-hydrogen) atoms. The van der Waals surface area contributed by atoms with Gasteiger partial charge in [0.1, 0.15) is 0 Å². The van der Waals surface area contributed by atoms with E-state index in [1.165, 1.54) is 14.2 Å². The van der Waals surface area contributed by atoms with Crippen molar-refractivity contribution in [2.75, 3.05) is 14.2 Å². The smallest absolute Gasteiger partial charge is 0.271 e. The van der Waals surface area contributed by atoms with E-state index in [9.17, 15) is 4.79 Å². The summed E-state index contributed by atoms with van der Waals surface area (Å²) in [5.41, 5.74) is 4.43. The summed E-state index contributed by atoms with van der Waals surface area (Å²) >= 11 is 5.94. The van der Waals surface area contributed by atoms with Crippen LogP contribution in [-0.2, 0) is 0 Å². The minimum atomic E-state index is -0.340. The summed E-state index contributed by atoms with van der Waals surface area (Å²) in [5.74, 6) is 0.700. The number of nitrogens with one attached hydrogen (secondary N) is 1. The number of methoxy groups -OCH3 is 2. The van der Waals surface area contributed by atoms with E-state index in [-0.39, 0.29) is 5.91 Å². The first-order valence-corrected chi connectivity index (χ1v) is 7.25. The van der Waals surface area contributed by atoms with Crippen LogP contribution < -0.4 is 14.9 Å². The molecule has 2 rings (SSSR count). The van der Waals surface area contributed by atoms with Crippen LogP contribution in [0.25, 0.3) is 0 Å². The van der Waals surface area contributed by atoms with Crippen molar-refractivity contribution in [3.8, 4) is 11.5 Å². The number of amides is 1.